The molecule has 0 aromatic rings. The molecule has 0 unspecified atom stereocenters. The molecule has 3 aliphatic heterocycles. The van der Waals surface area contributed by atoms with Gasteiger partial charge in [0.25, 0.3) is 0 Å². The summed E-state index contributed by atoms with van der Waals surface area (Å²) in [5, 5.41) is 0. The monoisotopic (exact) mass is 340 g/mol. The Labute approximate surface area is 140 Å². The summed E-state index contributed by atoms with van der Waals surface area (Å²) in [6.45, 7) is 2.58. The third kappa shape index (κ3) is 2.08. The second-order valence-electron chi connectivity index (χ2n) is 7.66. The van der Waals surface area contributed by atoms with Crippen LogP contribution in [0.4, 0.5) is 4.79 Å². The lowest BCUT2D eigenvalue weighted by Crippen LogP contribution is -2.59. The first-order valence-corrected chi connectivity index (χ1v) is 9.07. The molecule has 7 heteroatoms. The molecular formula is C17H24O7. The molecule has 0 bridgehead atoms. The van der Waals surface area contributed by atoms with Gasteiger partial charge in [-0.05, 0) is 25.7 Å². The van der Waals surface area contributed by atoms with E-state index in [1.54, 1.807) is 0 Å². The number of hydrogen-bond donors (Lipinski definition) is 0. The molecule has 5 aliphatic rings. The fourth-order valence-corrected chi connectivity index (χ4v) is 5.28. The summed E-state index contributed by atoms with van der Waals surface area (Å²) in [7, 11) is 0. The maximum absolute atomic E-state index is 12.0. The van der Waals surface area contributed by atoms with E-state index >= 15 is 0 Å². The van der Waals surface area contributed by atoms with Crippen LogP contribution in [-0.2, 0) is 28.4 Å². The standard InChI is InChI=1S/C17H24O7/c18-13-23-14(1-5-16(6-2-14)19-9-10-20-16)15(24-13)3-7-17(8-4-15)21-11-12-22-17/h1-12H2. The van der Waals surface area contributed by atoms with Gasteiger partial charge in [-0.15, -0.1) is 0 Å². The Morgan fingerprint density at radius 2 is 0.875 bits per heavy atom. The minimum atomic E-state index is -0.565. The van der Waals surface area contributed by atoms with Gasteiger partial charge in [0, 0.05) is 25.7 Å². The molecule has 0 aromatic heterocycles. The SMILES string of the molecule is O=C1OC2(CCC3(CC2)OCCO3)C2(CCC3(CC2)OCCO3)O1. The van der Waals surface area contributed by atoms with Crippen LogP contribution in [0.2, 0.25) is 0 Å². The van der Waals surface area contributed by atoms with Crippen molar-refractivity contribution in [3.8, 4) is 0 Å². The minimum Gasteiger partial charge on any atom is -0.423 e. The summed E-state index contributed by atoms with van der Waals surface area (Å²) in [4.78, 5) is 12.0. The van der Waals surface area contributed by atoms with Gasteiger partial charge in [-0.25, -0.2) is 4.79 Å². The van der Waals surface area contributed by atoms with Crippen molar-refractivity contribution >= 4 is 6.16 Å². The summed E-state index contributed by atoms with van der Waals surface area (Å²) in [5.41, 5.74) is -1.13. The molecule has 3 saturated heterocycles. The highest BCUT2D eigenvalue weighted by Crippen LogP contribution is 2.57. The van der Waals surface area contributed by atoms with E-state index in [1.165, 1.54) is 0 Å². The third-order valence-corrected chi connectivity index (χ3v) is 6.65. The van der Waals surface area contributed by atoms with Crippen molar-refractivity contribution in [1.82, 2.24) is 0 Å². The van der Waals surface area contributed by atoms with E-state index in [0.29, 0.717) is 52.1 Å². The van der Waals surface area contributed by atoms with E-state index in [0.717, 1.165) is 25.7 Å². The first kappa shape index (κ1) is 15.4. The molecule has 0 atom stereocenters. The minimum absolute atomic E-state index is 0.477. The Kier molecular flexibility index (Phi) is 3.24. The van der Waals surface area contributed by atoms with Gasteiger partial charge < -0.3 is 28.4 Å². The topological polar surface area (TPSA) is 72.5 Å². The van der Waals surface area contributed by atoms with Gasteiger partial charge >= 0.3 is 6.16 Å². The maximum atomic E-state index is 12.0. The van der Waals surface area contributed by atoms with E-state index in [1.807, 2.05) is 0 Å². The predicted molar refractivity (Wildman–Crippen MR) is 79.2 cm³/mol. The van der Waals surface area contributed by atoms with Crippen LogP contribution in [-0.4, -0.2) is 55.4 Å². The van der Waals surface area contributed by atoms with E-state index in [2.05, 4.69) is 0 Å². The third-order valence-electron chi connectivity index (χ3n) is 6.65. The number of carbonyl (C=O) groups is 1. The molecule has 0 N–H and O–H groups in total. The van der Waals surface area contributed by atoms with Crippen LogP contribution in [0.1, 0.15) is 51.4 Å². The Morgan fingerprint density at radius 1 is 0.542 bits per heavy atom. The van der Waals surface area contributed by atoms with Gasteiger partial charge in [0.2, 0.25) is 0 Å². The molecule has 2 aliphatic carbocycles. The second-order valence-corrected chi connectivity index (χ2v) is 7.66. The van der Waals surface area contributed by atoms with Gasteiger partial charge in [0.05, 0.1) is 26.4 Å². The van der Waals surface area contributed by atoms with Gasteiger partial charge in [-0.3, -0.25) is 0 Å². The molecule has 2 saturated carbocycles. The molecule has 5 rings (SSSR count). The van der Waals surface area contributed by atoms with Crippen molar-refractivity contribution in [2.45, 2.75) is 74.1 Å². The lowest BCUT2D eigenvalue weighted by molar-refractivity contribution is -0.235. The average molecular weight is 340 g/mol. The van der Waals surface area contributed by atoms with E-state index in [4.69, 9.17) is 28.4 Å². The fraction of sp³-hybridized carbons (Fsp3) is 0.941. The van der Waals surface area contributed by atoms with Crippen LogP contribution in [0.25, 0.3) is 0 Å². The van der Waals surface area contributed by atoms with Crippen LogP contribution in [0, 0.1) is 0 Å². The van der Waals surface area contributed by atoms with Crippen molar-refractivity contribution in [2.24, 2.45) is 0 Å². The van der Waals surface area contributed by atoms with Crippen LogP contribution < -0.4 is 0 Å². The molecule has 3 heterocycles. The van der Waals surface area contributed by atoms with Crippen molar-refractivity contribution in [2.75, 3.05) is 26.4 Å². The lowest BCUT2D eigenvalue weighted by atomic mass is 9.64. The molecule has 0 radical (unpaired) electrons. The van der Waals surface area contributed by atoms with Gasteiger partial charge in [0.15, 0.2) is 22.8 Å². The highest BCUT2D eigenvalue weighted by atomic mass is 16.8. The predicted octanol–water partition coefficient (Wildman–Crippen LogP) is 2.27. The highest BCUT2D eigenvalue weighted by Gasteiger charge is 2.67. The fourth-order valence-electron chi connectivity index (χ4n) is 5.28. The zero-order chi connectivity index (χ0) is 16.3. The summed E-state index contributed by atoms with van der Waals surface area (Å²) in [6.07, 6.45) is 5.28. The maximum Gasteiger partial charge on any atom is 0.509 e. The van der Waals surface area contributed by atoms with E-state index in [-0.39, 0.29) is 0 Å². The van der Waals surface area contributed by atoms with Gasteiger partial charge in [0.1, 0.15) is 0 Å². The van der Waals surface area contributed by atoms with Crippen molar-refractivity contribution in [1.29, 1.82) is 0 Å². The molecule has 0 aromatic carbocycles. The van der Waals surface area contributed by atoms with Gasteiger partial charge in [-0.2, -0.15) is 0 Å². The molecular weight excluding hydrogens is 316 g/mol. The molecule has 134 valence electrons. The lowest BCUT2D eigenvalue weighted by Gasteiger charge is -2.50. The second kappa shape index (κ2) is 5.06. The summed E-state index contributed by atoms with van der Waals surface area (Å²) in [5.74, 6) is -0.954. The van der Waals surface area contributed by atoms with Crippen LogP contribution in [0.15, 0.2) is 0 Å². The first-order chi connectivity index (χ1) is 11.6. The van der Waals surface area contributed by atoms with Crippen molar-refractivity contribution in [3.05, 3.63) is 0 Å². The normalized spacial score (nSPS) is 38.9. The van der Waals surface area contributed by atoms with Crippen LogP contribution >= 0.6 is 0 Å². The Balaban J connectivity index is 1.36. The Hall–Kier alpha value is -0.890. The molecule has 5 fully saturated rings. The zero-order valence-electron chi connectivity index (χ0n) is 13.8. The first-order valence-electron chi connectivity index (χ1n) is 9.07. The highest BCUT2D eigenvalue weighted by molar-refractivity contribution is 5.65. The number of ether oxygens (including phenoxy) is 6. The van der Waals surface area contributed by atoms with E-state index in [9.17, 15) is 4.79 Å². The number of hydrogen-bond acceptors (Lipinski definition) is 7. The molecule has 0 amide bonds. The van der Waals surface area contributed by atoms with Crippen LogP contribution in [0.3, 0.4) is 0 Å². The number of carbonyl (C=O) groups excluding carboxylic acids is 1. The number of rotatable bonds is 0. The number of fused-ring (bicyclic) bond motifs is 1. The average Bonchev–Trinajstić information content (AvgIpc) is 3.28. The van der Waals surface area contributed by atoms with Crippen molar-refractivity contribution < 1.29 is 33.2 Å². The molecule has 4 spiro atoms. The van der Waals surface area contributed by atoms with E-state index < -0.39 is 28.9 Å². The largest absolute Gasteiger partial charge is 0.509 e. The van der Waals surface area contributed by atoms with Crippen LogP contribution in [0.5, 0.6) is 0 Å². The molecule has 24 heavy (non-hydrogen) atoms. The van der Waals surface area contributed by atoms with Crippen molar-refractivity contribution in [3.63, 3.8) is 0 Å². The summed E-state index contributed by atoms with van der Waals surface area (Å²) < 4.78 is 34.8. The zero-order valence-corrected chi connectivity index (χ0v) is 13.8. The Morgan fingerprint density at radius 3 is 1.21 bits per heavy atom. The smallest absolute Gasteiger partial charge is 0.423 e. The summed E-state index contributed by atoms with van der Waals surface area (Å²) >= 11 is 0. The molecule has 7 nitrogen and oxygen atoms in total. The Bertz CT molecular complexity index is 467. The quantitative estimate of drug-likeness (QED) is 0.626. The summed E-state index contributed by atoms with van der Waals surface area (Å²) in [6, 6.07) is 0. The van der Waals surface area contributed by atoms with Gasteiger partial charge in [-0.1, -0.05) is 0 Å².